The van der Waals surface area contributed by atoms with Crippen LogP contribution in [0.2, 0.25) is 0 Å². The Bertz CT molecular complexity index is 648. The molecule has 0 unspecified atom stereocenters. The van der Waals surface area contributed by atoms with Gasteiger partial charge in [-0.2, -0.15) is 0 Å². The quantitative estimate of drug-likeness (QED) is 0.645. The average molecular weight is 258 g/mol. The van der Waals surface area contributed by atoms with Crippen LogP contribution in [0.4, 0.5) is 5.69 Å². The molecule has 1 aromatic heterocycles. The van der Waals surface area contributed by atoms with Gasteiger partial charge in [-0.3, -0.25) is 4.98 Å². The number of aromatic nitrogens is 1. The summed E-state index contributed by atoms with van der Waals surface area (Å²) in [7, 11) is 0. The van der Waals surface area contributed by atoms with E-state index in [1.807, 2.05) is 66.7 Å². The van der Waals surface area contributed by atoms with Crippen molar-refractivity contribution < 1.29 is 0 Å². The summed E-state index contributed by atoms with van der Waals surface area (Å²) < 4.78 is 0. The standard InChI is InChI=1S/C18H14N2/c1-3-9-15(10-4-1)18(17-13-7-8-14-19-17)20-16-11-5-2-6-12-16/h1-14H/b20-18+. The van der Waals surface area contributed by atoms with Gasteiger partial charge in [0.25, 0.3) is 0 Å². The van der Waals surface area contributed by atoms with E-state index in [9.17, 15) is 0 Å². The van der Waals surface area contributed by atoms with E-state index in [0.29, 0.717) is 0 Å². The second-order valence-corrected chi connectivity index (χ2v) is 4.38. The van der Waals surface area contributed by atoms with Gasteiger partial charge in [0, 0.05) is 11.8 Å². The summed E-state index contributed by atoms with van der Waals surface area (Å²) in [5.41, 5.74) is 3.76. The van der Waals surface area contributed by atoms with Crippen LogP contribution in [-0.2, 0) is 0 Å². The molecule has 1 heterocycles. The number of hydrogen-bond acceptors (Lipinski definition) is 2. The maximum atomic E-state index is 4.75. The molecule has 2 nitrogen and oxygen atoms in total. The summed E-state index contributed by atoms with van der Waals surface area (Å²) in [5.74, 6) is 0. The lowest BCUT2D eigenvalue weighted by Crippen LogP contribution is -2.04. The van der Waals surface area contributed by atoms with Crippen molar-refractivity contribution in [2.24, 2.45) is 4.99 Å². The molecule has 0 saturated heterocycles. The number of hydrogen-bond donors (Lipinski definition) is 0. The van der Waals surface area contributed by atoms with Crippen molar-refractivity contribution in [2.45, 2.75) is 0 Å². The predicted octanol–water partition coefficient (Wildman–Crippen LogP) is 4.25. The van der Waals surface area contributed by atoms with Crippen molar-refractivity contribution in [3.63, 3.8) is 0 Å². The van der Waals surface area contributed by atoms with E-state index in [0.717, 1.165) is 22.7 Å². The van der Waals surface area contributed by atoms with Crippen LogP contribution in [0, 0.1) is 0 Å². The van der Waals surface area contributed by atoms with Gasteiger partial charge in [0.1, 0.15) is 0 Å². The summed E-state index contributed by atoms with van der Waals surface area (Å²) in [4.78, 5) is 9.17. The first-order valence-electron chi connectivity index (χ1n) is 6.54. The lowest BCUT2D eigenvalue weighted by Gasteiger charge is -2.06. The number of aliphatic imine (C=N–C) groups is 1. The van der Waals surface area contributed by atoms with Gasteiger partial charge in [-0.15, -0.1) is 0 Å². The van der Waals surface area contributed by atoms with Gasteiger partial charge < -0.3 is 0 Å². The van der Waals surface area contributed by atoms with Gasteiger partial charge in [0.05, 0.1) is 17.1 Å². The molecule has 0 saturated carbocycles. The summed E-state index contributed by atoms with van der Waals surface area (Å²) >= 11 is 0. The average Bonchev–Trinajstić information content (AvgIpc) is 2.55. The molecule has 0 bridgehead atoms. The summed E-state index contributed by atoms with van der Waals surface area (Å²) in [6.07, 6.45) is 1.79. The molecule has 0 atom stereocenters. The third-order valence-corrected chi connectivity index (χ3v) is 2.95. The van der Waals surface area contributed by atoms with Crippen molar-refractivity contribution >= 4 is 11.4 Å². The predicted molar refractivity (Wildman–Crippen MR) is 82.4 cm³/mol. The van der Waals surface area contributed by atoms with E-state index < -0.39 is 0 Å². The Labute approximate surface area is 118 Å². The van der Waals surface area contributed by atoms with Crippen molar-refractivity contribution in [1.29, 1.82) is 0 Å². The molecule has 2 aromatic carbocycles. The molecule has 0 aliphatic rings. The number of para-hydroxylation sites is 1. The van der Waals surface area contributed by atoms with Crippen LogP contribution in [0.5, 0.6) is 0 Å². The third-order valence-electron chi connectivity index (χ3n) is 2.95. The van der Waals surface area contributed by atoms with Crippen molar-refractivity contribution in [2.75, 3.05) is 0 Å². The van der Waals surface area contributed by atoms with E-state index in [2.05, 4.69) is 17.1 Å². The molecule has 20 heavy (non-hydrogen) atoms. The van der Waals surface area contributed by atoms with Crippen LogP contribution >= 0.6 is 0 Å². The largest absolute Gasteiger partial charge is 0.255 e. The minimum atomic E-state index is 0.877. The van der Waals surface area contributed by atoms with Gasteiger partial charge in [-0.05, 0) is 24.3 Å². The monoisotopic (exact) mass is 258 g/mol. The molecule has 96 valence electrons. The first kappa shape index (κ1) is 12.3. The fraction of sp³-hybridized carbons (Fsp3) is 0. The van der Waals surface area contributed by atoms with Gasteiger partial charge in [0.2, 0.25) is 0 Å². The van der Waals surface area contributed by atoms with Gasteiger partial charge >= 0.3 is 0 Å². The minimum absolute atomic E-state index is 0.877. The fourth-order valence-electron chi connectivity index (χ4n) is 2.00. The molecule has 0 fully saturated rings. The third kappa shape index (κ3) is 2.81. The smallest absolute Gasteiger partial charge is 0.0965 e. The molecule has 0 radical (unpaired) electrons. The summed E-state index contributed by atoms with van der Waals surface area (Å²) in [5, 5.41) is 0. The van der Waals surface area contributed by atoms with Crippen LogP contribution in [0.1, 0.15) is 11.3 Å². The van der Waals surface area contributed by atoms with Gasteiger partial charge in [-0.1, -0.05) is 54.6 Å². The van der Waals surface area contributed by atoms with Crippen LogP contribution in [0.25, 0.3) is 0 Å². The Balaban J connectivity index is 2.12. The lowest BCUT2D eigenvalue weighted by atomic mass is 10.1. The van der Waals surface area contributed by atoms with Crippen LogP contribution in [0.3, 0.4) is 0 Å². The summed E-state index contributed by atoms with van der Waals surface area (Å²) in [6, 6.07) is 25.9. The zero-order valence-corrected chi connectivity index (χ0v) is 11.0. The van der Waals surface area contributed by atoms with Crippen LogP contribution in [0.15, 0.2) is 90.1 Å². The highest BCUT2D eigenvalue weighted by Crippen LogP contribution is 2.16. The molecule has 3 aromatic rings. The molecular weight excluding hydrogens is 244 g/mol. The van der Waals surface area contributed by atoms with E-state index in [1.165, 1.54) is 0 Å². The second kappa shape index (κ2) is 5.93. The van der Waals surface area contributed by atoms with E-state index >= 15 is 0 Å². The maximum Gasteiger partial charge on any atom is 0.0965 e. The molecule has 0 aliphatic heterocycles. The van der Waals surface area contributed by atoms with Crippen LogP contribution < -0.4 is 0 Å². The van der Waals surface area contributed by atoms with Crippen LogP contribution in [-0.4, -0.2) is 10.7 Å². The number of nitrogens with zero attached hydrogens (tertiary/aromatic N) is 2. The molecule has 0 amide bonds. The SMILES string of the molecule is c1ccc(/N=C(\c2ccccc2)c2ccccn2)cc1. The maximum absolute atomic E-state index is 4.75. The van der Waals surface area contributed by atoms with Crippen molar-refractivity contribution in [3.8, 4) is 0 Å². The minimum Gasteiger partial charge on any atom is -0.255 e. The highest BCUT2D eigenvalue weighted by molar-refractivity contribution is 6.12. The number of benzene rings is 2. The molecule has 0 aliphatic carbocycles. The van der Waals surface area contributed by atoms with E-state index in [1.54, 1.807) is 6.20 Å². The number of rotatable bonds is 3. The topological polar surface area (TPSA) is 25.2 Å². The van der Waals surface area contributed by atoms with Crippen molar-refractivity contribution in [3.05, 3.63) is 96.3 Å². The van der Waals surface area contributed by atoms with Gasteiger partial charge in [0.15, 0.2) is 0 Å². The molecule has 0 spiro atoms. The zero-order valence-electron chi connectivity index (χ0n) is 11.0. The molecule has 3 rings (SSSR count). The zero-order chi connectivity index (χ0) is 13.6. The lowest BCUT2D eigenvalue weighted by molar-refractivity contribution is 1.28. The van der Waals surface area contributed by atoms with E-state index in [4.69, 9.17) is 4.99 Å². The van der Waals surface area contributed by atoms with Gasteiger partial charge in [-0.25, -0.2) is 4.99 Å². The first-order valence-corrected chi connectivity index (χ1v) is 6.54. The molecule has 2 heteroatoms. The normalized spacial score (nSPS) is 11.3. The summed E-state index contributed by atoms with van der Waals surface area (Å²) in [6.45, 7) is 0. The fourth-order valence-corrected chi connectivity index (χ4v) is 2.00. The Kier molecular flexibility index (Phi) is 3.65. The highest BCUT2D eigenvalue weighted by Gasteiger charge is 2.07. The first-order chi connectivity index (χ1) is 9.93. The van der Waals surface area contributed by atoms with Crippen molar-refractivity contribution in [1.82, 2.24) is 4.98 Å². The Morgan fingerprint density at radius 3 is 2.00 bits per heavy atom. The highest BCUT2D eigenvalue weighted by atomic mass is 14.8. The Hall–Kier alpha value is -2.74. The Morgan fingerprint density at radius 1 is 0.700 bits per heavy atom. The second-order valence-electron chi connectivity index (χ2n) is 4.38. The Morgan fingerprint density at radius 2 is 1.35 bits per heavy atom. The van der Waals surface area contributed by atoms with E-state index in [-0.39, 0.29) is 0 Å². The molecular formula is C18H14N2. The number of pyridine rings is 1. The molecule has 0 N–H and O–H groups in total.